The largest absolute Gasteiger partial charge is 0.354 e. The number of hydrogen-bond acceptors (Lipinski definition) is 2. The van der Waals surface area contributed by atoms with Crippen molar-refractivity contribution in [2.75, 3.05) is 0 Å². The predicted molar refractivity (Wildman–Crippen MR) is 67.8 cm³/mol. The molecule has 0 saturated carbocycles. The third-order valence-electron chi connectivity index (χ3n) is 3.49. The molecule has 3 nitrogen and oxygen atoms in total. The third kappa shape index (κ3) is 3.63. The standard InChI is InChI=1S/C12H22N2O.ClH/c1-8(2)13-12(15)7-9-5-10-3-4-11(6-9)14-10;/h8-11,14H,3-7H2,1-2H3,(H,13,15);1H. The fraction of sp³-hybridized carbons (Fsp3) is 0.917. The first-order valence-electron chi connectivity index (χ1n) is 6.19. The van der Waals surface area contributed by atoms with Gasteiger partial charge in [0, 0.05) is 24.5 Å². The quantitative estimate of drug-likeness (QED) is 0.798. The maximum absolute atomic E-state index is 11.6. The van der Waals surface area contributed by atoms with Gasteiger partial charge in [0.25, 0.3) is 0 Å². The van der Waals surface area contributed by atoms with Gasteiger partial charge in [0.1, 0.15) is 0 Å². The van der Waals surface area contributed by atoms with E-state index in [0.29, 0.717) is 18.0 Å². The Balaban J connectivity index is 0.00000128. The maximum Gasteiger partial charge on any atom is 0.220 e. The third-order valence-corrected chi connectivity index (χ3v) is 3.49. The van der Waals surface area contributed by atoms with E-state index in [1.807, 2.05) is 13.8 Å². The van der Waals surface area contributed by atoms with Crippen molar-refractivity contribution in [1.29, 1.82) is 0 Å². The van der Waals surface area contributed by atoms with E-state index >= 15 is 0 Å². The second kappa shape index (κ2) is 5.87. The summed E-state index contributed by atoms with van der Waals surface area (Å²) in [7, 11) is 0. The Labute approximate surface area is 104 Å². The Kier molecular flexibility index (Phi) is 5.06. The highest BCUT2D eigenvalue weighted by atomic mass is 35.5. The molecule has 2 fully saturated rings. The molecule has 2 atom stereocenters. The van der Waals surface area contributed by atoms with Crippen molar-refractivity contribution in [3.05, 3.63) is 0 Å². The van der Waals surface area contributed by atoms with Crippen LogP contribution in [0.4, 0.5) is 0 Å². The monoisotopic (exact) mass is 246 g/mol. The predicted octanol–water partition coefficient (Wildman–Crippen LogP) is 1.85. The summed E-state index contributed by atoms with van der Waals surface area (Å²) >= 11 is 0. The summed E-state index contributed by atoms with van der Waals surface area (Å²) in [5.74, 6) is 0.846. The molecule has 2 bridgehead atoms. The Bertz CT molecular complexity index is 233. The molecule has 2 rings (SSSR count). The first-order chi connectivity index (χ1) is 7.13. The van der Waals surface area contributed by atoms with Gasteiger partial charge in [0.2, 0.25) is 5.91 Å². The molecular formula is C12H23ClN2O. The van der Waals surface area contributed by atoms with Gasteiger partial charge >= 0.3 is 0 Å². The summed E-state index contributed by atoms with van der Waals surface area (Å²) in [4.78, 5) is 11.6. The average molecular weight is 247 g/mol. The molecule has 94 valence electrons. The highest BCUT2D eigenvalue weighted by Gasteiger charge is 2.34. The maximum atomic E-state index is 11.6. The van der Waals surface area contributed by atoms with Crippen LogP contribution in [0.25, 0.3) is 0 Å². The molecule has 0 radical (unpaired) electrons. The number of rotatable bonds is 3. The van der Waals surface area contributed by atoms with E-state index in [0.717, 1.165) is 6.42 Å². The van der Waals surface area contributed by atoms with E-state index in [-0.39, 0.29) is 24.4 Å². The van der Waals surface area contributed by atoms with Gasteiger partial charge in [0.15, 0.2) is 0 Å². The van der Waals surface area contributed by atoms with Gasteiger partial charge in [-0.15, -0.1) is 12.4 Å². The van der Waals surface area contributed by atoms with Crippen molar-refractivity contribution in [3.8, 4) is 0 Å². The molecule has 2 saturated heterocycles. The molecule has 2 aliphatic heterocycles. The van der Waals surface area contributed by atoms with Crippen LogP contribution in [0.1, 0.15) is 46.0 Å². The Morgan fingerprint density at radius 3 is 2.38 bits per heavy atom. The lowest BCUT2D eigenvalue weighted by Gasteiger charge is -2.28. The topological polar surface area (TPSA) is 41.1 Å². The van der Waals surface area contributed by atoms with Gasteiger partial charge in [-0.3, -0.25) is 4.79 Å². The highest BCUT2D eigenvalue weighted by Crippen LogP contribution is 2.32. The van der Waals surface area contributed by atoms with Crippen LogP contribution in [-0.2, 0) is 4.79 Å². The summed E-state index contributed by atoms with van der Waals surface area (Å²) in [5.41, 5.74) is 0. The summed E-state index contributed by atoms with van der Waals surface area (Å²) < 4.78 is 0. The summed E-state index contributed by atoms with van der Waals surface area (Å²) in [6.45, 7) is 4.04. The van der Waals surface area contributed by atoms with E-state index in [9.17, 15) is 4.79 Å². The van der Waals surface area contributed by atoms with Crippen molar-refractivity contribution in [3.63, 3.8) is 0 Å². The molecular weight excluding hydrogens is 224 g/mol. The summed E-state index contributed by atoms with van der Waals surface area (Å²) in [6.07, 6.45) is 5.75. The summed E-state index contributed by atoms with van der Waals surface area (Å²) in [6, 6.07) is 1.66. The zero-order chi connectivity index (χ0) is 10.8. The zero-order valence-corrected chi connectivity index (χ0v) is 11.0. The number of amides is 1. The lowest BCUT2D eigenvalue weighted by Crippen LogP contribution is -2.40. The fourth-order valence-corrected chi connectivity index (χ4v) is 2.98. The molecule has 2 unspecified atom stereocenters. The SMILES string of the molecule is CC(C)NC(=O)CC1CC2CCC(C1)N2.Cl. The van der Waals surface area contributed by atoms with Crippen molar-refractivity contribution in [2.45, 2.75) is 64.1 Å². The Hall–Kier alpha value is -0.280. The summed E-state index contributed by atoms with van der Waals surface area (Å²) in [5, 5.41) is 6.58. The minimum Gasteiger partial charge on any atom is -0.354 e. The molecule has 0 aromatic carbocycles. The highest BCUT2D eigenvalue weighted by molar-refractivity contribution is 5.85. The van der Waals surface area contributed by atoms with E-state index < -0.39 is 0 Å². The first kappa shape index (κ1) is 13.8. The van der Waals surface area contributed by atoms with E-state index in [4.69, 9.17) is 0 Å². The van der Waals surface area contributed by atoms with Crippen LogP contribution in [-0.4, -0.2) is 24.0 Å². The number of piperidine rings is 1. The number of carbonyl (C=O) groups excluding carboxylic acids is 1. The van der Waals surface area contributed by atoms with Crippen molar-refractivity contribution < 1.29 is 4.79 Å². The van der Waals surface area contributed by atoms with Crippen LogP contribution in [0.2, 0.25) is 0 Å². The van der Waals surface area contributed by atoms with Crippen LogP contribution in [0.3, 0.4) is 0 Å². The second-order valence-electron chi connectivity index (χ2n) is 5.40. The lowest BCUT2D eigenvalue weighted by atomic mass is 9.89. The Morgan fingerprint density at radius 2 is 1.88 bits per heavy atom. The van der Waals surface area contributed by atoms with Crippen LogP contribution in [0, 0.1) is 5.92 Å². The molecule has 1 amide bonds. The van der Waals surface area contributed by atoms with Gasteiger partial charge < -0.3 is 10.6 Å². The van der Waals surface area contributed by atoms with Crippen LogP contribution < -0.4 is 10.6 Å². The number of nitrogens with one attached hydrogen (secondary N) is 2. The smallest absolute Gasteiger partial charge is 0.220 e. The van der Waals surface area contributed by atoms with Crippen molar-refractivity contribution in [1.82, 2.24) is 10.6 Å². The molecule has 2 heterocycles. The Morgan fingerprint density at radius 1 is 1.31 bits per heavy atom. The molecule has 0 spiro atoms. The van der Waals surface area contributed by atoms with E-state index in [1.165, 1.54) is 25.7 Å². The first-order valence-corrected chi connectivity index (χ1v) is 6.19. The second-order valence-corrected chi connectivity index (χ2v) is 5.40. The molecule has 0 aliphatic carbocycles. The molecule has 0 aromatic rings. The lowest BCUT2D eigenvalue weighted by molar-refractivity contribution is -0.122. The number of carbonyl (C=O) groups is 1. The van der Waals surface area contributed by atoms with E-state index in [1.54, 1.807) is 0 Å². The van der Waals surface area contributed by atoms with Crippen LogP contribution >= 0.6 is 12.4 Å². The number of fused-ring (bicyclic) bond motifs is 2. The number of hydrogen-bond donors (Lipinski definition) is 2. The van der Waals surface area contributed by atoms with Gasteiger partial charge in [-0.25, -0.2) is 0 Å². The van der Waals surface area contributed by atoms with Gasteiger partial charge in [-0.2, -0.15) is 0 Å². The van der Waals surface area contributed by atoms with Crippen molar-refractivity contribution >= 4 is 18.3 Å². The normalized spacial score (nSPS) is 32.3. The van der Waals surface area contributed by atoms with Crippen molar-refractivity contribution in [2.24, 2.45) is 5.92 Å². The molecule has 2 N–H and O–H groups in total. The minimum absolute atomic E-state index is 0. The average Bonchev–Trinajstić information content (AvgIpc) is 2.44. The zero-order valence-electron chi connectivity index (χ0n) is 10.2. The van der Waals surface area contributed by atoms with Gasteiger partial charge in [0.05, 0.1) is 0 Å². The molecule has 2 aliphatic rings. The van der Waals surface area contributed by atoms with E-state index in [2.05, 4.69) is 10.6 Å². The number of halogens is 1. The van der Waals surface area contributed by atoms with Gasteiger partial charge in [-0.1, -0.05) is 0 Å². The van der Waals surface area contributed by atoms with Gasteiger partial charge in [-0.05, 0) is 45.4 Å². The minimum atomic E-state index is 0. The molecule has 0 aromatic heterocycles. The van der Waals surface area contributed by atoms with Crippen LogP contribution in [0.15, 0.2) is 0 Å². The molecule has 4 heteroatoms. The fourth-order valence-electron chi connectivity index (χ4n) is 2.98. The molecule has 16 heavy (non-hydrogen) atoms. The van der Waals surface area contributed by atoms with Crippen LogP contribution in [0.5, 0.6) is 0 Å².